The Morgan fingerprint density at radius 1 is 1.47 bits per heavy atom. The highest BCUT2D eigenvalue weighted by Gasteiger charge is 2.13. The average Bonchev–Trinajstić information content (AvgIpc) is 2.62. The number of hydrogen-bond donors (Lipinski definition) is 1. The van der Waals surface area contributed by atoms with Crippen LogP contribution in [-0.4, -0.2) is 12.0 Å². The zero-order valence-electron chi connectivity index (χ0n) is 9.37. The molecule has 0 aliphatic rings. The van der Waals surface area contributed by atoms with Gasteiger partial charge in [-0.2, -0.15) is 0 Å². The van der Waals surface area contributed by atoms with Crippen LogP contribution >= 0.6 is 0 Å². The lowest BCUT2D eigenvalue weighted by atomic mass is 10.2. The van der Waals surface area contributed by atoms with Gasteiger partial charge in [-0.25, -0.2) is 4.98 Å². The zero-order valence-corrected chi connectivity index (χ0v) is 9.37. The molecule has 1 N–H and O–H groups in total. The Bertz CT molecular complexity index is 458. The smallest absolute Gasteiger partial charge is 0.212 e. The number of oxazole rings is 1. The first-order valence-electron chi connectivity index (χ1n) is 5.29. The summed E-state index contributed by atoms with van der Waals surface area (Å²) in [6.07, 6.45) is 0.975. The summed E-state index contributed by atoms with van der Waals surface area (Å²) >= 11 is 0. The maximum absolute atomic E-state index is 5.69. The molecule has 1 atom stereocenters. The monoisotopic (exact) mass is 204 g/mol. The first-order valence-corrected chi connectivity index (χ1v) is 5.29. The third-order valence-corrected chi connectivity index (χ3v) is 2.61. The summed E-state index contributed by atoms with van der Waals surface area (Å²) in [7, 11) is 1.92. The van der Waals surface area contributed by atoms with Crippen molar-refractivity contribution in [1.82, 2.24) is 10.3 Å². The number of hydrogen-bond acceptors (Lipinski definition) is 3. The van der Waals surface area contributed by atoms with Crippen molar-refractivity contribution in [2.45, 2.75) is 26.3 Å². The molecule has 80 valence electrons. The SMILES string of the molecule is CCC(NC)c1nc2cc(C)ccc2o1. The molecule has 1 heterocycles. The van der Waals surface area contributed by atoms with Crippen LogP contribution in [0.15, 0.2) is 22.6 Å². The summed E-state index contributed by atoms with van der Waals surface area (Å²) in [4.78, 5) is 4.49. The van der Waals surface area contributed by atoms with E-state index in [-0.39, 0.29) is 6.04 Å². The van der Waals surface area contributed by atoms with Gasteiger partial charge in [-0.15, -0.1) is 0 Å². The topological polar surface area (TPSA) is 38.1 Å². The molecule has 0 saturated carbocycles. The average molecular weight is 204 g/mol. The maximum Gasteiger partial charge on any atom is 0.212 e. The molecule has 0 aliphatic carbocycles. The third kappa shape index (κ3) is 1.88. The second-order valence-electron chi connectivity index (χ2n) is 3.77. The van der Waals surface area contributed by atoms with Crippen molar-refractivity contribution in [3.63, 3.8) is 0 Å². The largest absolute Gasteiger partial charge is 0.439 e. The van der Waals surface area contributed by atoms with Crippen LogP contribution in [0.4, 0.5) is 0 Å². The number of fused-ring (bicyclic) bond motifs is 1. The van der Waals surface area contributed by atoms with E-state index in [9.17, 15) is 0 Å². The van der Waals surface area contributed by atoms with Crippen molar-refractivity contribution in [3.8, 4) is 0 Å². The minimum Gasteiger partial charge on any atom is -0.439 e. The predicted molar refractivity (Wildman–Crippen MR) is 60.8 cm³/mol. The van der Waals surface area contributed by atoms with Gasteiger partial charge in [0.05, 0.1) is 6.04 Å². The second-order valence-corrected chi connectivity index (χ2v) is 3.77. The van der Waals surface area contributed by atoms with Gasteiger partial charge in [-0.3, -0.25) is 0 Å². The molecule has 15 heavy (non-hydrogen) atoms. The lowest BCUT2D eigenvalue weighted by Gasteiger charge is -2.07. The van der Waals surface area contributed by atoms with Crippen LogP contribution in [0.25, 0.3) is 11.1 Å². The molecule has 0 radical (unpaired) electrons. The van der Waals surface area contributed by atoms with E-state index >= 15 is 0 Å². The van der Waals surface area contributed by atoms with Crippen LogP contribution in [0.5, 0.6) is 0 Å². The summed E-state index contributed by atoms with van der Waals surface area (Å²) in [5.74, 6) is 0.778. The van der Waals surface area contributed by atoms with Crippen LogP contribution in [-0.2, 0) is 0 Å². The quantitative estimate of drug-likeness (QED) is 0.835. The molecule has 0 fully saturated rings. The van der Waals surface area contributed by atoms with Gasteiger partial charge in [-0.1, -0.05) is 13.0 Å². The molecule has 0 saturated heterocycles. The molecule has 1 aromatic carbocycles. The maximum atomic E-state index is 5.69. The molecule has 0 spiro atoms. The van der Waals surface area contributed by atoms with Crippen LogP contribution in [0.3, 0.4) is 0 Å². The van der Waals surface area contributed by atoms with Gasteiger partial charge in [0.1, 0.15) is 5.52 Å². The van der Waals surface area contributed by atoms with Gasteiger partial charge in [-0.05, 0) is 38.1 Å². The van der Waals surface area contributed by atoms with E-state index in [0.29, 0.717) is 0 Å². The molecule has 3 nitrogen and oxygen atoms in total. The molecule has 3 heteroatoms. The van der Waals surface area contributed by atoms with E-state index in [1.807, 2.05) is 25.2 Å². The van der Waals surface area contributed by atoms with Crippen molar-refractivity contribution >= 4 is 11.1 Å². The second kappa shape index (κ2) is 4.03. The summed E-state index contributed by atoms with van der Waals surface area (Å²) in [5, 5.41) is 3.19. The van der Waals surface area contributed by atoms with Crippen molar-refractivity contribution in [1.29, 1.82) is 0 Å². The molecular formula is C12H16N2O. The van der Waals surface area contributed by atoms with Gasteiger partial charge in [0, 0.05) is 0 Å². The van der Waals surface area contributed by atoms with E-state index in [1.54, 1.807) is 0 Å². The van der Waals surface area contributed by atoms with Crippen molar-refractivity contribution < 1.29 is 4.42 Å². The normalized spacial score (nSPS) is 13.3. The van der Waals surface area contributed by atoms with Gasteiger partial charge in [0.2, 0.25) is 5.89 Å². The minimum absolute atomic E-state index is 0.206. The lowest BCUT2D eigenvalue weighted by molar-refractivity contribution is 0.427. The highest BCUT2D eigenvalue weighted by atomic mass is 16.3. The van der Waals surface area contributed by atoms with E-state index < -0.39 is 0 Å². The van der Waals surface area contributed by atoms with E-state index in [1.165, 1.54) is 5.56 Å². The van der Waals surface area contributed by atoms with Crippen molar-refractivity contribution in [3.05, 3.63) is 29.7 Å². The number of benzene rings is 1. The Hall–Kier alpha value is -1.35. The minimum atomic E-state index is 0.206. The Morgan fingerprint density at radius 3 is 2.93 bits per heavy atom. The number of aryl methyl sites for hydroxylation is 1. The van der Waals surface area contributed by atoms with Gasteiger partial charge in [0.15, 0.2) is 5.58 Å². The van der Waals surface area contributed by atoms with Crippen LogP contribution in [0.2, 0.25) is 0 Å². The zero-order chi connectivity index (χ0) is 10.8. The standard InChI is InChI=1S/C12H16N2O/c1-4-9(13-3)12-14-10-7-8(2)5-6-11(10)15-12/h5-7,9,13H,4H2,1-3H3. The van der Waals surface area contributed by atoms with E-state index in [2.05, 4.69) is 24.1 Å². The van der Waals surface area contributed by atoms with Crippen LogP contribution in [0.1, 0.15) is 30.8 Å². The number of rotatable bonds is 3. The number of aromatic nitrogens is 1. The van der Waals surface area contributed by atoms with Gasteiger partial charge in [0.25, 0.3) is 0 Å². The fourth-order valence-corrected chi connectivity index (χ4v) is 1.71. The van der Waals surface area contributed by atoms with E-state index in [0.717, 1.165) is 23.4 Å². The molecule has 0 aliphatic heterocycles. The van der Waals surface area contributed by atoms with Crippen molar-refractivity contribution in [2.24, 2.45) is 0 Å². The molecule has 2 aromatic rings. The van der Waals surface area contributed by atoms with Crippen LogP contribution < -0.4 is 5.32 Å². The Balaban J connectivity index is 2.46. The highest BCUT2D eigenvalue weighted by molar-refractivity contribution is 5.73. The van der Waals surface area contributed by atoms with Gasteiger partial charge < -0.3 is 9.73 Å². The number of nitrogens with zero attached hydrogens (tertiary/aromatic N) is 1. The fraction of sp³-hybridized carbons (Fsp3) is 0.417. The predicted octanol–water partition coefficient (Wildman–Crippen LogP) is 2.81. The van der Waals surface area contributed by atoms with E-state index in [4.69, 9.17) is 4.42 Å². The molecule has 1 aromatic heterocycles. The Morgan fingerprint density at radius 2 is 2.27 bits per heavy atom. The third-order valence-electron chi connectivity index (χ3n) is 2.61. The molecule has 0 bridgehead atoms. The molecular weight excluding hydrogens is 188 g/mol. The summed E-state index contributed by atoms with van der Waals surface area (Å²) in [6, 6.07) is 6.27. The Labute approximate surface area is 89.5 Å². The number of nitrogens with one attached hydrogen (secondary N) is 1. The lowest BCUT2D eigenvalue weighted by Crippen LogP contribution is -2.15. The molecule has 1 unspecified atom stereocenters. The molecule has 2 rings (SSSR count). The van der Waals surface area contributed by atoms with Crippen molar-refractivity contribution in [2.75, 3.05) is 7.05 Å². The first-order chi connectivity index (χ1) is 7.24. The Kier molecular flexibility index (Phi) is 2.73. The fourth-order valence-electron chi connectivity index (χ4n) is 1.71. The van der Waals surface area contributed by atoms with Gasteiger partial charge >= 0.3 is 0 Å². The molecule has 0 amide bonds. The van der Waals surface area contributed by atoms with Crippen LogP contribution in [0, 0.1) is 6.92 Å². The highest BCUT2D eigenvalue weighted by Crippen LogP contribution is 2.22. The summed E-state index contributed by atoms with van der Waals surface area (Å²) < 4.78 is 5.69. The summed E-state index contributed by atoms with van der Waals surface area (Å²) in [6.45, 7) is 4.17. The summed E-state index contributed by atoms with van der Waals surface area (Å²) in [5.41, 5.74) is 3.02. The first kappa shape index (κ1) is 10.2.